The van der Waals surface area contributed by atoms with Crippen molar-refractivity contribution in [2.75, 3.05) is 21.0 Å². The van der Waals surface area contributed by atoms with Crippen molar-refractivity contribution in [3.05, 3.63) is 17.7 Å². The Morgan fingerprint density at radius 2 is 2.10 bits per heavy atom. The van der Waals surface area contributed by atoms with Gasteiger partial charge >= 0.3 is 0 Å². The van der Waals surface area contributed by atoms with Gasteiger partial charge in [-0.3, -0.25) is 0 Å². The summed E-state index contributed by atoms with van der Waals surface area (Å²) in [7, 11) is 3.43. The topological polar surface area (TPSA) is 49.0 Å². The maximum atomic E-state index is 5.48. The van der Waals surface area contributed by atoms with Crippen molar-refractivity contribution in [2.45, 2.75) is 39.0 Å². The fourth-order valence-electron chi connectivity index (χ4n) is 3.16. The van der Waals surface area contributed by atoms with Crippen LogP contribution in [0.5, 0.6) is 17.2 Å². The van der Waals surface area contributed by atoms with E-state index in [0.29, 0.717) is 17.9 Å². The molecule has 2 aliphatic rings. The van der Waals surface area contributed by atoms with Gasteiger partial charge < -0.3 is 24.3 Å². The maximum Gasteiger partial charge on any atom is 0.231 e. The summed E-state index contributed by atoms with van der Waals surface area (Å²) in [5, 5.41) is 3.60. The summed E-state index contributed by atoms with van der Waals surface area (Å²) in [5.74, 6) is 2.18. The van der Waals surface area contributed by atoms with Gasteiger partial charge in [0.1, 0.15) is 0 Å². The Labute approximate surface area is 125 Å². The van der Waals surface area contributed by atoms with E-state index in [0.717, 1.165) is 30.0 Å². The zero-order valence-corrected chi connectivity index (χ0v) is 13.1. The molecule has 0 radical (unpaired) electrons. The van der Waals surface area contributed by atoms with Gasteiger partial charge in [-0.25, -0.2) is 0 Å². The highest BCUT2D eigenvalue weighted by Gasteiger charge is 2.48. The number of methoxy groups -OCH3 is 2. The van der Waals surface area contributed by atoms with Crippen molar-refractivity contribution in [3.63, 3.8) is 0 Å². The Morgan fingerprint density at radius 1 is 1.29 bits per heavy atom. The van der Waals surface area contributed by atoms with Gasteiger partial charge in [-0.1, -0.05) is 13.8 Å². The van der Waals surface area contributed by atoms with E-state index in [4.69, 9.17) is 18.9 Å². The molecule has 116 valence electrons. The molecule has 1 saturated carbocycles. The maximum absolute atomic E-state index is 5.48. The lowest BCUT2D eigenvalue weighted by Gasteiger charge is -2.51. The molecule has 0 saturated heterocycles. The van der Waals surface area contributed by atoms with E-state index >= 15 is 0 Å². The average Bonchev–Trinajstić information content (AvgIpc) is 2.93. The van der Waals surface area contributed by atoms with Crippen LogP contribution in [0.15, 0.2) is 12.1 Å². The summed E-state index contributed by atoms with van der Waals surface area (Å²) in [4.78, 5) is 0. The third kappa shape index (κ3) is 2.45. The number of fused-ring (bicyclic) bond motifs is 1. The van der Waals surface area contributed by atoms with Gasteiger partial charge in [0.15, 0.2) is 11.5 Å². The van der Waals surface area contributed by atoms with Crippen LogP contribution < -0.4 is 19.5 Å². The normalized spacial score (nSPS) is 25.5. The largest absolute Gasteiger partial charge is 0.493 e. The van der Waals surface area contributed by atoms with Crippen molar-refractivity contribution in [3.8, 4) is 17.2 Å². The van der Waals surface area contributed by atoms with Gasteiger partial charge in [-0.2, -0.15) is 0 Å². The molecule has 1 N–H and O–H groups in total. The molecular weight excluding hydrogens is 270 g/mol. The molecule has 1 aromatic carbocycles. The Bertz CT molecular complexity index is 529. The van der Waals surface area contributed by atoms with Crippen molar-refractivity contribution in [1.82, 2.24) is 5.32 Å². The minimum Gasteiger partial charge on any atom is -0.493 e. The van der Waals surface area contributed by atoms with Gasteiger partial charge in [-0.15, -0.1) is 0 Å². The Morgan fingerprint density at radius 3 is 2.76 bits per heavy atom. The number of nitrogens with one attached hydrogen (secondary N) is 1. The number of hydrogen-bond donors (Lipinski definition) is 1. The minimum absolute atomic E-state index is 0.162. The molecule has 5 heteroatoms. The van der Waals surface area contributed by atoms with Gasteiger partial charge in [0.25, 0.3) is 0 Å². The van der Waals surface area contributed by atoms with E-state index in [9.17, 15) is 0 Å². The molecule has 21 heavy (non-hydrogen) atoms. The highest BCUT2D eigenvalue weighted by molar-refractivity contribution is 5.55. The molecule has 2 atom stereocenters. The number of benzene rings is 1. The van der Waals surface area contributed by atoms with Crippen molar-refractivity contribution in [1.29, 1.82) is 0 Å². The van der Waals surface area contributed by atoms with Crippen LogP contribution in [0.2, 0.25) is 0 Å². The first-order valence-electron chi connectivity index (χ1n) is 7.29. The van der Waals surface area contributed by atoms with E-state index in [1.807, 2.05) is 12.1 Å². The lowest BCUT2D eigenvalue weighted by atomic mass is 9.64. The molecule has 1 heterocycles. The standard InChI is InChI=1S/C16H23NO4/c1-16(2)13(7-14(16)19-4)17-8-10-5-11(18-3)15-12(6-10)20-9-21-15/h5-6,13-14,17H,7-9H2,1-4H3. The van der Waals surface area contributed by atoms with Crippen molar-refractivity contribution >= 4 is 0 Å². The SMILES string of the molecule is COc1cc(CNC2CC(OC)C2(C)C)cc2c1OCO2. The molecule has 0 aromatic heterocycles. The summed E-state index contributed by atoms with van der Waals surface area (Å²) in [6, 6.07) is 4.47. The molecule has 0 bridgehead atoms. The summed E-state index contributed by atoms with van der Waals surface area (Å²) >= 11 is 0. The summed E-state index contributed by atoms with van der Waals surface area (Å²) in [6.45, 7) is 5.51. The summed E-state index contributed by atoms with van der Waals surface area (Å²) in [5.41, 5.74) is 1.29. The molecular formula is C16H23NO4. The second kappa shape index (κ2) is 5.39. The first-order chi connectivity index (χ1) is 10.1. The van der Waals surface area contributed by atoms with Crippen LogP contribution in [0.1, 0.15) is 25.8 Å². The Balaban J connectivity index is 1.67. The van der Waals surface area contributed by atoms with E-state index in [1.165, 1.54) is 0 Å². The molecule has 1 aliphatic carbocycles. The van der Waals surface area contributed by atoms with Gasteiger partial charge in [0.05, 0.1) is 13.2 Å². The fraction of sp³-hybridized carbons (Fsp3) is 0.625. The minimum atomic E-state index is 0.162. The summed E-state index contributed by atoms with van der Waals surface area (Å²) in [6.07, 6.45) is 1.38. The first-order valence-corrected chi connectivity index (χ1v) is 7.29. The van der Waals surface area contributed by atoms with Crippen LogP contribution in [0.4, 0.5) is 0 Å². The van der Waals surface area contributed by atoms with Gasteiger partial charge in [-0.05, 0) is 24.1 Å². The lowest BCUT2D eigenvalue weighted by molar-refractivity contribution is -0.0979. The van der Waals surface area contributed by atoms with Gasteiger partial charge in [0.2, 0.25) is 12.5 Å². The predicted molar refractivity (Wildman–Crippen MR) is 78.9 cm³/mol. The third-order valence-corrected chi connectivity index (χ3v) is 4.73. The van der Waals surface area contributed by atoms with Crippen LogP contribution in [0, 0.1) is 5.41 Å². The summed E-state index contributed by atoms with van der Waals surface area (Å²) < 4.78 is 21.7. The van der Waals surface area contributed by atoms with E-state index < -0.39 is 0 Å². The average molecular weight is 293 g/mol. The number of ether oxygens (including phenoxy) is 4. The Hall–Kier alpha value is -1.46. The lowest BCUT2D eigenvalue weighted by Crippen LogP contribution is -2.60. The third-order valence-electron chi connectivity index (χ3n) is 4.73. The zero-order chi connectivity index (χ0) is 15.0. The van der Waals surface area contributed by atoms with Crippen LogP contribution >= 0.6 is 0 Å². The molecule has 5 nitrogen and oxygen atoms in total. The van der Waals surface area contributed by atoms with E-state index in [1.54, 1.807) is 14.2 Å². The van der Waals surface area contributed by atoms with Crippen molar-refractivity contribution < 1.29 is 18.9 Å². The molecule has 1 fully saturated rings. The van der Waals surface area contributed by atoms with Crippen LogP contribution in [-0.4, -0.2) is 33.2 Å². The monoisotopic (exact) mass is 293 g/mol. The van der Waals surface area contributed by atoms with E-state index in [2.05, 4.69) is 19.2 Å². The molecule has 1 aliphatic heterocycles. The highest BCUT2D eigenvalue weighted by atomic mass is 16.7. The fourth-order valence-corrected chi connectivity index (χ4v) is 3.16. The second-order valence-electron chi connectivity index (χ2n) is 6.25. The molecule has 2 unspecified atom stereocenters. The molecule has 0 spiro atoms. The van der Waals surface area contributed by atoms with Crippen molar-refractivity contribution in [2.24, 2.45) is 5.41 Å². The first kappa shape index (κ1) is 14.5. The smallest absolute Gasteiger partial charge is 0.231 e. The van der Waals surface area contributed by atoms with Crippen LogP contribution in [0.3, 0.4) is 0 Å². The molecule has 1 aromatic rings. The van der Waals surface area contributed by atoms with Crippen LogP contribution in [0.25, 0.3) is 0 Å². The molecule has 0 amide bonds. The highest BCUT2D eigenvalue weighted by Crippen LogP contribution is 2.44. The Kier molecular flexibility index (Phi) is 3.71. The number of rotatable bonds is 5. The quantitative estimate of drug-likeness (QED) is 0.903. The van der Waals surface area contributed by atoms with Gasteiger partial charge in [0, 0.05) is 25.1 Å². The predicted octanol–water partition coefficient (Wildman–Crippen LogP) is 2.33. The number of hydrogen-bond acceptors (Lipinski definition) is 5. The molecule has 3 rings (SSSR count). The van der Waals surface area contributed by atoms with Crippen LogP contribution in [-0.2, 0) is 11.3 Å². The second-order valence-corrected chi connectivity index (χ2v) is 6.25. The van der Waals surface area contributed by atoms with E-state index in [-0.39, 0.29) is 12.2 Å². The zero-order valence-electron chi connectivity index (χ0n) is 13.1.